The smallest absolute Gasteiger partial charge is 0.146 e. The van der Waals surface area contributed by atoms with Gasteiger partial charge < -0.3 is 15.4 Å². The number of aryl methyl sites for hydroxylation is 2. The lowest BCUT2D eigenvalue weighted by Gasteiger charge is -2.14. The Morgan fingerprint density at radius 3 is 2.79 bits per heavy atom. The van der Waals surface area contributed by atoms with Crippen molar-refractivity contribution in [1.29, 1.82) is 0 Å². The average Bonchev–Trinajstić information content (AvgIpc) is 3.22. The predicted molar refractivity (Wildman–Crippen MR) is 134 cm³/mol. The standard InChI is InChI=1S/C25H26ClN5OS/c1-32-20-10-9-16(12-19(20)26)13-29-24-23-18-7-2-3-8-21(18)33-25(23)31-22(30-24)15-27-14-17-6-4-5-11-28-17/h4-6,9-12,27H,2-3,7-8,13-15H2,1H3,(H,29,30,31). The topological polar surface area (TPSA) is 72.0 Å². The Balaban J connectivity index is 1.40. The van der Waals surface area contributed by atoms with E-state index in [1.54, 1.807) is 7.11 Å². The van der Waals surface area contributed by atoms with Crippen LogP contribution in [0.2, 0.25) is 5.02 Å². The summed E-state index contributed by atoms with van der Waals surface area (Å²) < 4.78 is 5.27. The Bertz CT molecular complexity index is 1260. The molecule has 8 heteroatoms. The second-order valence-corrected chi connectivity index (χ2v) is 9.62. The Morgan fingerprint density at radius 1 is 1.06 bits per heavy atom. The van der Waals surface area contributed by atoms with E-state index in [0.29, 0.717) is 30.4 Å². The van der Waals surface area contributed by atoms with Gasteiger partial charge in [0.15, 0.2) is 0 Å². The highest BCUT2D eigenvalue weighted by molar-refractivity contribution is 7.19. The number of fused-ring (bicyclic) bond motifs is 3. The maximum absolute atomic E-state index is 6.33. The zero-order valence-electron chi connectivity index (χ0n) is 18.5. The maximum atomic E-state index is 6.33. The van der Waals surface area contributed by atoms with Gasteiger partial charge in [0.05, 0.1) is 29.8 Å². The molecule has 0 saturated heterocycles. The molecular weight excluding hydrogens is 454 g/mol. The molecule has 0 amide bonds. The molecule has 1 aliphatic rings. The van der Waals surface area contributed by atoms with Crippen LogP contribution in [0.3, 0.4) is 0 Å². The van der Waals surface area contributed by atoms with Gasteiger partial charge >= 0.3 is 0 Å². The van der Waals surface area contributed by atoms with E-state index in [4.69, 9.17) is 26.3 Å². The van der Waals surface area contributed by atoms with Crippen molar-refractivity contribution >= 4 is 39.0 Å². The number of hydrogen-bond donors (Lipinski definition) is 2. The number of pyridine rings is 1. The molecule has 1 aliphatic carbocycles. The fraction of sp³-hybridized carbons (Fsp3) is 0.320. The molecule has 0 spiro atoms. The number of rotatable bonds is 8. The van der Waals surface area contributed by atoms with Crippen molar-refractivity contribution in [3.63, 3.8) is 0 Å². The molecule has 3 heterocycles. The van der Waals surface area contributed by atoms with E-state index in [1.807, 2.05) is 53.9 Å². The normalized spacial score (nSPS) is 13.2. The van der Waals surface area contributed by atoms with Gasteiger partial charge in [0.1, 0.15) is 22.2 Å². The van der Waals surface area contributed by atoms with E-state index in [0.717, 1.165) is 40.6 Å². The highest BCUT2D eigenvalue weighted by Crippen LogP contribution is 2.39. The summed E-state index contributed by atoms with van der Waals surface area (Å²) in [7, 11) is 1.62. The number of halogens is 1. The quantitative estimate of drug-likeness (QED) is 0.346. The van der Waals surface area contributed by atoms with Crippen LogP contribution in [-0.4, -0.2) is 22.1 Å². The Hall–Kier alpha value is -2.74. The summed E-state index contributed by atoms with van der Waals surface area (Å²) in [4.78, 5) is 16.7. The van der Waals surface area contributed by atoms with Crippen molar-refractivity contribution in [2.24, 2.45) is 0 Å². The van der Waals surface area contributed by atoms with Crippen molar-refractivity contribution in [1.82, 2.24) is 20.3 Å². The summed E-state index contributed by atoms with van der Waals surface area (Å²) in [5.74, 6) is 2.37. The van der Waals surface area contributed by atoms with Gasteiger partial charge in [-0.25, -0.2) is 9.97 Å². The van der Waals surface area contributed by atoms with Crippen LogP contribution in [0.5, 0.6) is 5.75 Å². The van der Waals surface area contributed by atoms with Gasteiger partial charge in [-0.3, -0.25) is 4.98 Å². The van der Waals surface area contributed by atoms with Crippen LogP contribution in [0.25, 0.3) is 10.2 Å². The number of anilines is 1. The minimum absolute atomic E-state index is 0.581. The van der Waals surface area contributed by atoms with Gasteiger partial charge in [-0.1, -0.05) is 23.7 Å². The summed E-state index contributed by atoms with van der Waals surface area (Å²) in [6.07, 6.45) is 6.51. The first-order valence-electron chi connectivity index (χ1n) is 11.2. The van der Waals surface area contributed by atoms with Crippen molar-refractivity contribution in [3.05, 3.63) is 75.1 Å². The number of nitrogens with zero attached hydrogens (tertiary/aromatic N) is 3. The van der Waals surface area contributed by atoms with E-state index < -0.39 is 0 Å². The summed E-state index contributed by atoms with van der Waals surface area (Å²) >= 11 is 8.14. The van der Waals surface area contributed by atoms with E-state index in [9.17, 15) is 0 Å². The summed E-state index contributed by atoms with van der Waals surface area (Å²) in [6, 6.07) is 11.8. The number of ether oxygens (including phenoxy) is 1. The highest BCUT2D eigenvalue weighted by atomic mass is 35.5. The highest BCUT2D eigenvalue weighted by Gasteiger charge is 2.21. The molecule has 33 heavy (non-hydrogen) atoms. The Morgan fingerprint density at radius 2 is 1.97 bits per heavy atom. The molecule has 0 atom stereocenters. The number of hydrogen-bond acceptors (Lipinski definition) is 7. The van der Waals surface area contributed by atoms with Crippen LogP contribution in [0.1, 0.15) is 40.4 Å². The molecule has 3 aromatic heterocycles. The number of benzene rings is 1. The average molecular weight is 480 g/mol. The van der Waals surface area contributed by atoms with E-state index in [2.05, 4.69) is 15.6 Å². The Kier molecular flexibility index (Phi) is 6.71. The molecule has 0 fully saturated rings. The SMILES string of the molecule is COc1ccc(CNc2nc(CNCc3ccccn3)nc3sc4c(c23)CCCC4)cc1Cl. The predicted octanol–water partition coefficient (Wildman–Crippen LogP) is 5.53. The maximum Gasteiger partial charge on any atom is 0.146 e. The van der Waals surface area contributed by atoms with Crippen LogP contribution in [0, 0.1) is 0 Å². The molecule has 0 unspecified atom stereocenters. The molecule has 6 nitrogen and oxygen atoms in total. The lowest BCUT2D eigenvalue weighted by atomic mass is 9.97. The molecule has 1 aromatic carbocycles. The number of aromatic nitrogens is 3. The van der Waals surface area contributed by atoms with Crippen LogP contribution < -0.4 is 15.4 Å². The fourth-order valence-electron chi connectivity index (χ4n) is 4.22. The zero-order chi connectivity index (χ0) is 22.6. The van der Waals surface area contributed by atoms with Crippen LogP contribution in [0.15, 0.2) is 42.6 Å². The van der Waals surface area contributed by atoms with E-state index in [1.165, 1.54) is 28.7 Å². The van der Waals surface area contributed by atoms with Crippen LogP contribution >= 0.6 is 22.9 Å². The van der Waals surface area contributed by atoms with Gasteiger partial charge in [0.2, 0.25) is 0 Å². The molecule has 0 aliphatic heterocycles. The first-order valence-corrected chi connectivity index (χ1v) is 12.4. The molecular formula is C25H26ClN5OS. The van der Waals surface area contributed by atoms with Gasteiger partial charge in [-0.2, -0.15) is 0 Å². The number of thiophene rings is 1. The lowest BCUT2D eigenvalue weighted by molar-refractivity contribution is 0.415. The van der Waals surface area contributed by atoms with Crippen molar-refractivity contribution < 1.29 is 4.74 Å². The first kappa shape index (κ1) is 22.1. The largest absolute Gasteiger partial charge is 0.495 e. The number of nitrogens with one attached hydrogen (secondary N) is 2. The van der Waals surface area contributed by atoms with Gasteiger partial charge in [-0.05, 0) is 61.1 Å². The molecule has 0 saturated carbocycles. The monoisotopic (exact) mass is 479 g/mol. The third-order valence-corrected chi connectivity index (χ3v) is 7.33. The van der Waals surface area contributed by atoms with Crippen LogP contribution in [-0.2, 0) is 32.5 Å². The lowest BCUT2D eigenvalue weighted by Crippen LogP contribution is -2.16. The molecule has 5 rings (SSSR count). The summed E-state index contributed by atoms with van der Waals surface area (Å²) in [5, 5.41) is 8.78. The number of methoxy groups -OCH3 is 1. The molecule has 0 radical (unpaired) electrons. The van der Waals surface area contributed by atoms with Gasteiger partial charge in [-0.15, -0.1) is 11.3 Å². The second kappa shape index (κ2) is 10.0. The Labute approximate surface area is 202 Å². The third kappa shape index (κ3) is 4.95. The molecule has 0 bridgehead atoms. The van der Waals surface area contributed by atoms with E-state index >= 15 is 0 Å². The van der Waals surface area contributed by atoms with Gasteiger partial charge in [0, 0.05) is 24.2 Å². The molecule has 2 N–H and O–H groups in total. The third-order valence-electron chi connectivity index (χ3n) is 5.85. The van der Waals surface area contributed by atoms with E-state index in [-0.39, 0.29) is 0 Å². The summed E-state index contributed by atoms with van der Waals surface area (Å²) in [5.41, 5.74) is 3.50. The van der Waals surface area contributed by atoms with Crippen molar-refractivity contribution in [2.45, 2.75) is 45.3 Å². The first-order chi connectivity index (χ1) is 16.2. The van der Waals surface area contributed by atoms with Crippen molar-refractivity contribution in [2.75, 3.05) is 12.4 Å². The molecule has 4 aromatic rings. The minimum Gasteiger partial charge on any atom is -0.495 e. The van der Waals surface area contributed by atoms with Crippen molar-refractivity contribution in [3.8, 4) is 5.75 Å². The fourth-order valence-corrected chi connectivity index (χ4v) is 5.78. The zero-order valence-corrected chi connectivity index (χ0v) is 20.1. The summed E-state index contributed by atoms with van der Waals surface area (Å²) in [6.45, 7) is 1.88. The minimum atomic E-state index is 0.581. The second-order valence-electron chi connectivity index (χ2n) is 8.13. The van der Waals surface area contributed by atoms with Gasteiger partial charge in [0.25, 0.3) is 0 Å². The van der Waals surface area contributed by atoms with Crippen LogP contribution in [0.4, 0.5) is 5.82 Å². The molecule has 170 valence electrons.